The molecule has 0 aromatic carbocycles. The van der Waals surface area contributed by atoms with Crippen molar-refractivity contribution in [2.45, 2.75) is 26.2 Å². The summed E-state index contributed by atoms with van der Waals surface area (Å²) in [6.07, 6.45) is 0.750. The monoisotopic (exact) mass is 239 g/mol. The number of rotatable bonds is 1. The standard InChI is InChI=1S/C11H14ClN3O/c1-6(2)10-13-7-4-5-15(3)11(16)8(7)9(12)14-10/h6H,4-5H2,1-3H3. The maximum Gasteiger partial charge on any atom is 0.258 e. The van der Waals surface area contributed by atoms with Crippen molar-refractivity contribution in [3.8, 4) is 0 Å². The third kappa shape index (κ3) is 1.78. The zero-order chi connectivity index (χ0) is 11.9. The first-order valence-electron chi connectivity index (χ1n) is 5.32. The molecule has 0 saturated heterocycles. The Labute approximate surface area is 99.6 Å². The Morgan fingerprint density at radius 3 is 2.69 bits per heavy atom. The minimum atomic E-state index is -0.0819. The summed E-state index contributed by atoms with van der Waals surface area (Å²) < 4.78 is 0. The van der Waals surface area contributed by atoms with Crippen LogP contribution in [0, 0.1) is 0 Å². The highest BCUT2D eigenvalue weighted by atomic mass is 35.5. The van der Waals surface area contributed by atoms with E-state index in [2.05, 4.69) is 9.97 Å². The van der Waals surface area contributed by atoms with E-state index in [1.54, 1.807) is 11.9 Å². The second-order valence-corrected chi connectivity index (χ2v) is 4.68. The third-order valence-corrected chi connectivity index (χ3v) is 2.99. The number of carbonyl (C=O) groups is 1. The Morgan fingerprint density at radius 1 is 1.38 bits per heavy atom. The molecule has 16 heavy (non-hydrogen) atoms. The van der Waals surface area contributed by atoms with Crippen LogP contribution in [0.15, 0.2) is 0 Å². The van der Waals surface area contributed by atoms with Crippen molar-refractivity contribution in [1.29, 1.82) is 0 Å². The fourth-order valence-electron chi connectivity index (χ4n) is 1.71. The van der Waals surface area contributed by atoms with Crippen molar-refractivity contribution in [2.75, 3.05) is 13.6 Å². The largest absolute Gasteiger partial charge is 0.341 e. The Bertz CT molecular complexity index is 445. The lowest BCUT2D eigenvalue weighted by atomic mass is 10.1. The van der Waals surface area contributed by atoms with E-state index >= 15 is 0 Å². The first-order valence-corrected chi connectivity index (χ1v) is 5.70. The summed E-state index contributed by atoms with van der Waals surface area (Å²) in [4.78, 5) is 22.1. The zero-order valence-corrected chi connectivity index (χ0v) is 10.4. The Kier molecular flexibility index (Phi) is 2.84. The second kappa shape index (κ2) is 4.01. The molecular formula is C11H14ClN3O. The van der Waals surface area contributed by atoms with Crippen LogP contribution >= 0.6 is 11.6 Å². The van der Waals surface area contributed by atoms with Crippen LogP contribution in [0.25, 0.3) is 0 Å². The number of halogens is 1. The number of hydrogen-bond acceptors (Lipinski definition) is 3. The van der Waals surface area contributed by atoms with Gasteiger partial charge >= 0.3 is 0 Å². The van der Waals surface area contributed by atoms with E-state index in [9.17, 15) is 4.79 Å². The lowest BCUT2D eigenvalue weighted by Crippen LogP contribution is -2.35. The van der Waals surface area contributed by atoms with Crippen LogP contribution in [0.5, 0.6) is 0 Å². The van der Waals surface area contributed by atoms with Gasteiger partial charge in [0.1, 0.15) is 11.0 Å². The highest BCUT2D eigenvalue weighted by Crippen LogP contribution is 2.24. The van der Waals surface area contributed by atoms with Crippen molar-refractivity contribution in [1.82, 2.24) is 14.9 Å². The number of fused-ring (bicyclic) bond motifs is 1. The topological polar surface area (TPSA) is 46.1 Å². The quantitative estimate of drug-likeness (QED) is 0.703. The molecule has 1 amide bonds. The lowest BCUT2D eigenvalue weighted by molar-refractivity contribution is 0.0778. The normalized spacial score (nSPS) is 15.6. The van der Waals surface area contributed by atoms with Gasteiger partial charge in [0.15, 0.2) is 0 Å². The van der Waals surface area contributed by atoms with E-state index in [1.165, 1.54) is 0 Å². The summed E-state index contributed by atoms with van der Waals surface area (Å²) >= 11 is 6.05. The van der Waals surface area contributed by atoms with Crippen molar-refractivity contribution in [3.05, 3.63) is 22.2 Å². The SMILES string of the molecule is CC(C)c1nc(Cl)c2c(n1)CCN(C)C2=O. The average molecular weight is 240 g/mol. The van der Waals surface area contributed by atoms with E-state index in [4.69, 9.17) is 11.6 Å². The molecule has 0 spiro atoms. The Balaban J connectivity index is 2.54. The van der Waals surface area contributed by atoms with E-state index in [-0.39, 0.29) is 17.0 Å². The molecular weight excluding hydrogens is 226 g/mol. The molecule has 0 aliphatic carbocycles. The van der Waals surface area contributed by atoms with Crippen LogP contribution in [0.2, 0.25) is 5.15 Å². The minimum absolute atomic E-state index is 0.0819. The first kappa shape index (κ1) is 11.3. The lowest BCUT2D eigenvalue weighted by Gasteiger charge is -2.25. The smallest absolute Gasteiger partial charge is 0.258 e. The zero-order valence-electron chi connectivity index (χ0n) is 9.62. The summed E-state index contributed by atoms with van der Waals surface area (Å²) in [5.41, 5.74) is 1.26. The molecule has 0 fully saturated rings. The van der Waals surface area contributed by atoms with Crippen LogP contribution in [0.1, 0.15) is 41.6 Å². The van der Waals surface area contributed by atoms with Crippen molar-refractivity contribution >= 4 is 17.5 Å². The predicted molar refractivity (Wildman–Crippen MR) is 61.8 cm³/mol. The molecule has 86 valence electrons. The molecule has 0 saturated carbocycles. The highest BCUT2D eigenvalue weighted by molar-refractivity contribution is 6.32. The van der Waals surface area contributed by atoms with Gasteiger partial charge in [-0.1, -0.05) is 25.4 Å². The minimum Gasteiger partial charge on any atom is -0.341 e. The van der Waals surface area contributed by atoms with Crippen LogP contribution in [-0.4, -0.2) is 34.4 Å². The van der Waals surface area contributed by atoms with E-state index in [0.717, 1.165) is 12.1 Å². The maximum absolute atomic E-state index is 11.9. The van der Waals surface area contributed by atoms with Gasteiger partial charge in [0.05, 0.1) is 11.3 Å². The van der Waals surface area contributed by atoms with Gasteiger partial charge < -0.3 is 4.90 Å². The van der Waals surface area contributed by atoms with E-state index in [0.29, 0.717) is 17.9 Å². The molecule has 1 aliphatic rings. The molecule has 0 N–H and O–H groups in total. The molecule has 4 nitrogen and oxygen atoms in total. The molecule has 0 atom stereocenters. The summed E-state index contributed by atoms with van der Waals surface area (Å²) in [5.74, 6) is 0.847. The maximum atomic E-state index is 11.9. The molecule has 0 unspecified atom stereocenters. The first-order chi connectivity index (χ1) is 7.50. The van der Waals surface area contributed by atoms with Gasteiger partial charge in [0.25, 0.3) is 5.91 Å². The van der Waals surface area contributed by atoms with Crippen molar-refractivity contribution < 1.29 is 4.79 Å². The van der Waals surface area contributed by atoms with Gasteiger partial charge in [-0.25, -0.2) is 9.97 Å². The van der Waals surface area contributed by atoms with Crippen LogP contribution in [-0.2, 0) is 6.42 Å². The molecule has 5 heteroatoms. The van der Waals surface area contributed by atoms with Gasteiger partial charge in [0.2, 0.25) is 0 Å². The number of amides is 1. The van der Waals surface area contributed by atoms with Gasteiger partial charge in [-0.3, -0.25) is 4.79 Å². The highest BCUT2D eigenvalue weighted by Gasteiger charge is 2.27. The molecule has 1 aromatic rings. The predicted octanol–water partition coefficient (Wildman–Crippen LogP) is 1.88. The summed E-state index contributed by atoms with van der Waals surface area (Å²) in [6.45, 7) is 4.71. The van der Waals surface area contributed by atoms with Crippen LogP contribution in [0.4, 0.5) is 0 Å². The summed E-state index contributed by atoms with van der Waals surface area (Å²) in [7, 11) is 1.76. The number of carbonyl (C=O) groups excluding carboxylic acids is 1. The molecule has 0 bridgehead atoms. The molecule has 1 aromatic heterocycles. The third-order valence-electron chi connectivity index (χ3n) is 2.72. The van der Waals surface area contributed by atoms with Gasteiger partial charge in [0, 0.05) is 25.9 Å². The summed E-state index contributed by atoms with van der Waals surface area (Å²) in [5, 5.41) is 0.283. The van der Waals surface area contributed by atoms with Crippen molar-refractivity contribution in [3.63, 3.8) is 0 Å². The molecule has 2 heterocycles. The van der Waals surface area contributed by atoms with Crippen LogP contribution < -0.4 is 0 Å². The molecule has 0 radical (unpaired) electrons. The Morgan fingerprint density at radius 2 is 2.06 bits per heavy atom. The fraction of sp³-hybridized carbons (Fsp3) is 0.545. The molecule has 2 rings (SSSR count). The number of likely N-dealkylation sites (N-methyl/N-ethyl adjacent to an activating group) is 1. The average Bonchev–Trinajstić information content (AvgIpc) is 2.22. The van der Waals surface area contributed by atoms with Crippen molar-refractivity contribution in [2.24, 2.45) is 0 Å². The number of nitrogens with zero attached hydrogens (tertiary/aromatic N) is 3. The Hall–Kier alpha value is -1.16. The second-order valence-electron chi connectivity index (χ2n) is 4.33. The van der Waals surface area contributed by atoms with Gasteiger partial charge in [-0.05, 0) is 0 Å². The summed E-state index contributed by atoms with van der Waals surface area (Å²) in [6, 6.07) is 0. The number of hydrogen-bond donors (Lipinski definition) is 0. The fourth-order valence-corrected chi connectivity index (χ4v) is 1.99. The van der Waals surface area contributed by atoms with Gasteiger partial charge in [-0.15, -0.1) is 0 Å². The van der Waals surface area contributed by atoms with E-state index < -0.39 is 0 Å². The molecule has 1 aliphatic heterocycles. The number of aromatic nitrogens is 2. The van der Waals surface area contributed by atoms with E-state index in [1.807, 2.05) is 13.8 Å². The van der Waals surface area contributed by atoms with Crippen LogP contribution in [0.3, 0.4) is 0 Å². The van der Waals surface area contributed by atoms with Gasteiger partial charge in [-0.2, -0.15) is 0 Å².